The fraction of sp³-hybridized carbons (Fsp3) is 0.214. The molecule has 2 rings (SSSR count). The molecule has 1 aromatic heterocycles. The summed E-state index contributed by atoms with van der Waals surface area (Å²) in [5.74, 6) is 0. The van der Waals surface area contributed by atoms with Crippen LogP contribution in [0.2, 0.25) is 0 Å². The van der Waals surface area contributed by atoms with Gasteiger partial charge in [-0.25, -0.2) is 8.42 Å². The molecule has 0 bridgehead atoms. The number of pyridine rings is 1. The van der Waals surface area contributed by atoms with Crippen LogP contribution in [0.25, 0.3) is 0 Å². The first-order valence-electron chi connectivity index (χ1n) is 6.34. The quantitative estimate of drug-likeness (QED) is 0.846. The van der Waals surface area contributed by atoms with E-state index in [1.165, 1.54) is 18.5 Å². The van der Waals surface area contributed by atoms with Gasteiger partial charge in [-0.15, -0.1) is 0 Å². The molecule has 112 valence electrons. The highest BCUT2D eigenvalue weighted by Crippen LogP contribution is 2.23. The van der Waals surface area contributed by atoms with Crippen molar-refractivity contribution >= 4 is 21.4 Å². The van der Waals surface area contributed by atoms with Gasteiger partial charge in [0.25, 0.3) is 10.0 Å². The van der Waals surface area contributed by atoms with Crippen LogP contribution in [-0.4, -0.2) is 27.1 Å². The number of hydrogen-bond donors (Lipinski definition) is 2. The van der Waals surface area contributed by atoms with Crippen LogP contribution < -0.4 is 10.5 Å². The number of para-hydroxylation sites is 1. The molecule has 1 aromatic carbocycles. The molecule has 0 fully saturated rings. The predicted octanol–water partition coefficient (Wildman–Crippen LogP) is 1.65. The van der Waals surface area contributed by atoms with Crippen LogP contribution >= 0.6 is 0 Å². The molecule has 0 amide bonds. The maximum absolute atomic E-state index is 12.4. The van der Waals surface area contributed by atoms with Crippen LogP contribution in [0.3, 0.4) is 0 Å². The van der Waals surface area contributed by atoms with Crippen molar-refractivity contribution in [2.45, 2.75) is 11.3 Å². The van der Waals surface area contributed by atoms with Gasteiger partial charge in [0, 0.05) is 19.5 Å². The number of nitrogens with one attached hydrogen (secondary N) is 1. The van der Waals surface area contributed by atoms with Crippen molar-refractivity contribution in [3.05, 3.63) is 48.3 Å². The van der Waals surface area contributed by atoms with Crippen molar-refractivity contribution in [3.63, 3.8) is 0 Å². The molecule has 0 saturated heterocycles. The minimum absolute atomic E-state index is 0.0356. The molecule has 0 aliphatic carbocycles. The lowest BCUT2D eigenvalue weighted by Gasteiger charge is -2.13. The molecular formula is C14H17N3O3S. The molecule has 0 aliphatic rings. The fourth-order valence-electron chi connectivity index (χ4n) is 1.86. The maximum atomic E-state index is 12.4. The first kappa shape index (κ1) is 15.3. The Morgan fingerprint density at radius 3 is 2.76 bits per heavy atom. The van der Waals surface area contributed by atoms with Crippen LogP contribution in [0, 0.1) is 0 Å². The third kappa shape index (κ3) is 3.71. The average Bonchev–Trinajstić information content (AvgIpc) is 2.46. The van der Waals surface area contributed by atoms with Gasteiger partial charge >= 0.3 is 0 Å². The summed E-state index contributed by atoms with van der Waals surface area (Å²) in [6, 6.07) is 8.62. The lowest BCUT2D eigenvalue weighted by atomic mass is 10.1. The summed E-state index contributed by atoms with van der Waals surface area (Å²) in [6.45, 7) is 0.508. The lowest BCUT2D eigenvalue weighted by Crippen LogP contribution is -2.16. The van der Waals surface area contributed by atoms with Gasteiger partial charge in [0.05, 0.1) is 18.0 Å². The molecule has 3 N–H and O–H groups in total. The number of nitrogens with zero attached hydrogens (tertiary/aromatic N) is 1. The van der Waals surface area contributed by atoms with Gasteiger partial charge in [-0.3, -0.25) is 9.71 Å². The largest absolute Gasteiger partial charge is 0.398 e. The van der Waals surface area contributed by atoms with Gasteiger partial charge in [-0.2, -0.15) is 0 Å². The second-order valence-electron chi connectivity index (χ2n) is 4.42. The highest BCUT2D eigenvalue weighted by molar-refractivity contribution is 7.92. The standard InChI is InChI=1S/C14H17N3O3S/c1-20-9-7-11-4-2-3-5-13(11)17-21(18,19)14-10-16-8-6-12(14)15/h2-6,8,10,17H,7,9H2,1H3,(H2,15,16). The second kappa shape index (κ2) is 6.55. The Kier molecular flexibility index (Phi) is 4.77. The summed E-state index contributed by atoms with van der Waals surface area (Å²) in [6.07, 6.45) is 3.29. The van der Waals surface area contributed by atoms with Gasteiger partial charge in [-0.05, 0) is 24.1 Å². The van der Waals surface area contributed by atoms with Gasteiger partial charge in [-0.1, -0.05) is 18.2 Å². The molecule has 0 unspecified atom stereocenters. The van der Waals surface area contributed by atoms with E-state index in [0.717, 1.165) is 5.56 Å². The Morgan fingerprint density at radius 2 is 2.05 bits per heavy atom. The third-order valence-electron chi connectivity index (χ3n) is 2.94. The SMILES string of the molecule is COCCc1ccccc1NS(=O)(=O)c1cnccc1N. The van der Waals surface area contributed by atoms with E-state index in [2.05, 4.69) is 9.71 Å². The van der Waals surface area contributed by atoms with Crippen LogP contribution in [0.1, 0.15) is 5.56 Å². The Labute approximate surface area is 124 Å². The van der Waals surface area contributed by atoms with Crippen molar-refractivity contribution in [1.82, 2.24) is 4.98 Å². The van der Waals surface area contributed by atoms with E-state index >= 15 is 0 Å². The number of methoxy groups -OCH3 is 1. The number of sulfonamides is 1. The van der Waals surface area contributed by atoms with E-state index < -0.39 is 10.0 Å². The fourth-order valence-corrected chi connectivity index (χ4v) is 3.04. The normalized spacial score (nSPS) is 11.3. The van der Waals surface area contributed by atoms with E-state index in [9.17, 15) is 8.42 Å². The highest BCUT2D eigenvalue weighted by atomic mass is 32.2. The summed E-state index contributed by atoms with van der Waals surface area (Å²) in [4.78, 5) is 3.77. The Morgan fingerprint density at radius 1 is 1.29 bits per heavy atom. The van der Waals surface area contributed by atoms with E-state index in [0.29, 0.717) is 18.7 Å². The van der Waals surface area contributed by atoms with Crippen molar-refractivity contribution < 1.29 is 13.2 Å². The molecule has 6 nitrogen and oxygen atoms in total. The van der Waals surface area contributed by atoms with Crippen LogP contribution in [0.5, 0.6) is 0 Å². The van der Waals surface area contributed by atoms with Crippen LogP contribution in [0.15, 0.2) is 47.6 Å². The van der Waals surface area contributed by atoms with Gasteiger partial charge in [0.2, 0.25) is 0 Å². The molecule has 21 heavy (non-hydrogen) atoms. The van der Waals surface area contributed by atoms with Crippen LogP contribution in [0.4, 0.5) is 11.4 Å². The average molecular weight is 307 g/mol. The predicted molar refractivity (Wildman–Crippen MR) is 81.5 cm³/mol. The van der Waals surface area contributed by atoms with Crippen molar-refractivity contribution in [2.75, 3.05) is 24.2 Å². The minimum atomic E-state index is -3.77. The Bertz CT molecular complexity index is 717. The number of hydrogen-bond acceptors (Lipinski definition) is 5. The maximum Gasteiger partial charge on any atom is 0.265 e. The van der Waals surface area contributed by atoms with E-state index in [1.807, 2.05) is 12.1 Å². The zero-order valence-corrected chi connectivity index (χ0v) is 12.4. The zero-order valence-electron chi connectivity index (χ0n) is 11.6. The Balaban J connectivity index is 2.31. The highest BCUT2D eigenvalue weighted by Gasteiger charge is 2.18. The summed E-state index contributed by atoms with van der Waals surface area (Å²) < 4.78 is 32.3. The first-order chi connectivity index (χ1) is 10.0. The number of nitrogens with two attached hydrogens (primary N) is 1. The molecule has 1 heterocycles. The molecule has 0 radical (unpaired) electrons. The van der Waals surface area contributed by atoms with Gasteiger partial charge < -0.3 is 10.5 Å². The monoisotopic (exact) mass is 307 g/mol. The van der Waals surface area contributed by atoms with Gasteiger partial charge in [0.1, 0.15) is 4.90 Å². The molecule has 0 saturated carbocycles. The molecule has 7 heteroatoms. The van der Waals surface area contributed by atoms with E-state index in [-0.39, 0.29) is 10.6 Å². The number of benzene rings is 1. The van der Waals surface area contributed by atoms with E-state index in [4.69, 9.17) is 10.5 Å². The molecular weight excluding hydrogens is 290 g/mol. The van der Waals surface area contributed by atoms with Crippen molar-refractivity contribution in [3.8, 4) is 0 Å². The second-order valence-corrected chi connectivity index (χ2v) is 6.07. The van der Waals surface area contributed by atoms with E-state index in [1.54, 1.807) is 19.2 Å². The molecule has 0 spiro atoms. The van der Waals surface area contributed by atoms with Gasteiger partial charge in [0.15, 0.2) is 0 Å². The van der Waals surface area contributed by atoms with Crippen molar-refractivity contribution in [2.24, 2.45) is 0 Å². The summed E-state index contributed by atoms with van der Waals surface area (Å²) in [5, 5.41) is 0. The minimum Gasteiger partial charge on any atom is -0.398 e. The number of ether oxygens (including phenoxy) is 1. The number of rotatable bonds is 6. The molecule has 0 aliphatic heterocycles. The van der Waals surface area contributed by atoms with Crippen LogP contribution in [-0.2, 0) is 21.2 Å². The zero-order chi connectivity index (χ0) is 15.3. The lowest BCUT2D eigenvalue weighted by molar-refractivity contribution is 0.202. The summed E-state index contributed by atoms with van der Waals surface area (Å²) >= 11 is 0. The van der Waals surface area contributed by atoms with Crippen molar-refractivity contribution in [1.29, 1.82) is 0 Å². The summed E-state index contributed by atoms with van der Waals surface area (Å²) in [7, 11) is -2.17. The molecule has 2 aromatic rings. The first-order valence-corrected chi connectivity index (χ1v) is 7.82. The number of nitrogen functional groups attached to an aromatic ring is 1. The number of aromatic nitrogens is 1. The number of anilines is 2. The summed E-state index contributed by atoms with van der Waals surface area (Å²) in [5.41, 5.74) is 7.22. The molecule has 0 atom stereocenters. The Hall–Kier alpha value is -2.12. The topological polar surface area (TPSA) is 94.3 Å². The smallest absolute Gasteiger partial charge is 0.265 e. The third-order valence-corrected chi connectivity index (χ3v) is 4.35.